The number of benzene rings is 2. The Hall–Kier alpha value is -2.24. The summed E-state index contributed by atoms with van der Waals surface area (Å²) >= 11 is 5.05. The van der Waals surface area contributed by atoms with Crippen molar-refractivity contribution in [3.63, 3.8) is 0 Å². The molecule has 2 heterocycles. The first-order chi connectivity index (χ1) is 11.8. The molecule has 0 bridgehead atoms. The molecule has 3 nitrogen and oxygen atoms in total. The van der Waals surface area contributed by atoms with Crippen molar-refractivity contribution in [2.24, 2.45) is 4.99 Å². The number of thiazole rings is 1. The summed E-state index contributed by atoms with van der Waals surface area (Å²) in [5, 5.41) is 6.30. The third-order valence-electron chi connectivity index (χ3n) is 3.82. The van der Waals surface area contributed by atoms with Crippen molar-refractivity contribution in [2.45, 2.75) is 5.92 Å². The van der Waals surface area contributed by atoms with Crippen LogP contribution < -0.4 is 5.32 Å². The summed E-state index contributed by atoms with van der Waals surface area (Å²) in [7, 11) is 0. The van der Waals surface area contributed by atoms with E-state index in [2.05, 4.69) is 66.9 Å². The fourth-order valence-corrected chi connectivity index (χ4v) is 3.53. The molecule has 0 amide bonds. The summed E-state index contributed by atoms with van der Waals surface area (Å²) in [6.07, 6.45) is 5.90. The molecule has 24 heavy (non-hydrogen) atoms. The van der Waals surface area contributed by atoms with E-state index in [1.165, 1.54) is 5.56 Å². The van der Waals surface area contributed by atoms with Gasteiger partial charge in [-0.1, -0.05) is 46.3 Å². The summed E-state index contributed by atoms with van der Waals surface area (Å²) < 4.78 is 1.06. The first-order valence-corrected chi connectivity index (χ1v) is 9.24. The largest absolute Gasteiger partial charge is 0.332 e. The lowest BCUT2D eigenvalue weighted by molar-refractivity contribution is 1.19. The molecule has 4 rings (SSSR count). The van der Waals surface area contributed by atoms with Gasteiger partial charge >= 0.3 is 0 Å². The molecule has 0 aliphatic carbocycles. The predicted octanol–water partition coefficient (Wildman–Crippen LogP) is 6.00. The third-order valence-corrected chi connectivity index (χ3v) is 5.10. The zero-order chi connectivity index (χ0) is 16.4. The van der Waals surface area contributed by atoms with Gasteiger partial charge in [0.05, 0.1) is 5.69 Å². The highest BCUT2D eigenvalue weighted by molar-refractivity contribution is 9.10. The van der Waals surface area contributed by atoms with Gasteiger partial charge in [-0.25, -0.2) is 4.98 Å². The van der Waals surface area contributed by atoms with Gasteiger partial charge in [0.1, 0.15) is 0 Å². The minimum absolute atomic E-state index is 0.295. The number of hydrogen-bond donors (Lipinski definition) is 1. The van der Waals surface area contributed by atoms with Gasteiger partial charge in [0.25, 0.3) is 0 Å². The number of hydrogen-bond acceptors (Lipinski definition) is 4. The van der Waals surface area contributed by atoms with Gasteiger partial charge in [0.15, 0.2) is 5.13 Å². The van der Waals surface area contributed by atoms with Gasteiger partial charge in [-0.05, 0) is 29.8 Å². The number of nitrogens with zero attached hydrogens (tertiary/aromatic N) is 2. The van der Waals surface area contributed by atoms with Crippen LogP contribution in [0.1, 0.15) is 11.5 Å². The van der Waals surface area contributed by atoms with Crippen molar-refractivity contribution in [1.82, 2.24) is 4.98 Å². The molecular weight excluding hydrogens is 382 g/mol. The third kappa shape index (κ3) is 3.32. The number of aliphatic imine (C=N–C) groups is 1. The van der Waals surface area contributed by atoms with Gasteiger partial charge in [-0.2, -0.15) is 0 Å². The van der Waals surface area contributed by atoms with Gasteiger partial charge in [-0.3, -0.25) is 4.99 Å². The molecule has 1 aliphatic rings. The van der Waals surface area contributed by atoms with Crippen molar-refractivity contribution in [2.75, 3.05) is 5.32 Å². The molecule has 118 valence electrons. The Morgan fingerprint density at radius 1 is 1.00 bits per heavy atom. The molecule has 1 unspecified atom stereocenters. The molecule has 3 aromatic rings. The summed E-state index contributed by atoms with van der Waals surface area (Å²) in [4.78, 5) is 8.82. The quantitative estimate of drug-likeness (QED) is 0.588. The second-order valence-corrected chi connectivity index (χ2v) is 7.23. The second-order valence-electron chi connectivity index (χ2n) is 5.46. The van der Waals surface area contributed by atoms with E-state index in [1.807, 2.05) is 36.7 Å². The first-order valence-electron chi connectivity index (χ1n) is 7.56. The topological polar surface area (TPSA) is 37.3 Å². The van der Waals surface area contributed by atoms with E-state index < -0.39 is 0 Å². The van der Waals surface area contributed by atoms with Crippen LogP contribution in [-0.2, 0) is 0 Å². The van der Waals surface area contributed by atoms with Gasteiger partial charge in [0.2, 0.25) is 0 Å². The number of halogens is 1. The van der Waals surface area contributed by atoms with E-state index in [0.29, 0.717) is 5.92 Å². The fourth-order valence-electron chi connectivity index (χ4n) is 2.53. The van der Waals surface area contributed by atoms with Gasteiger partial charge in [0, 0.05) is 39.4 Å². The highest BCUT2D eigenvalue weighted by atomic mass is 79.9. The van der Waals surface area contributed by atoms with Crippen molar-refractivity contribution in [3.8, 4) is 11.3 Å². The van der Waals surface area contributed by atoms with Crippen molar-refractivity contribution in [3.05, 3.63) is 76.2 Å². The van der Waals surface area contributed by atoms with E-state index in [9.17, 15) is 0 Å². The average molecular weight is 396 g/mol. The smallest absolute Gasteiger partial charge is 0.187 e. The van der Waals surface area contributed by atoms with Crippen molar-refractivity contribution < 1.29 is 0 Å². The van der Waals surface area contributed by atoms with Crippen LogP contribution in [0.2, 0.25) is 0 Å². The minimum Gasteiger partial charge on any atom is -0.332 e. The minimum atomic E-state index is 0.295. The van der Waals surface area contributed by atoms with E-state index in [1.54, 1.807) is 11.3 Å². The molecule has 0 saturated carbocycles. The molecule has 2 aromatic carbocycles. The zero-order valence-corrected chi connectivity index (χ0v) is 15.1. The molecule has 5 heteroatoms. The van der Waals surface area contributed by atoms with Crippen LogP contribution in [0.4, 0.5) is 10.8 Å². The summed E-state index contributed by atoms with van der Waals surface area (Å²) in [6, 6.07) is 16.6. The van der Waals surface area contributed by atoms with E-state index >= 15 is 0 Å². The predicted molar refractivity (Wildman–Crippen MR) is 105 cm³/mol. The van der Waals surface area contributed by atoms with Crippen LogP contribution >= 0.6 is 27.3 Å². The SMILES string of the molecule is Brc1ccc(Nc2nc(-c3ccc(C4C=CN=C4)cc3)cs2)cc1. The number of anilines is 2. The Labute approximate surface area is 152 Å². The van der Waals surface area contributed by atoms with Crippen LogP contribution in [-0.4, -0.2) is 11.2 Å². The lowest BCUT2D eigenvalue weighted by Crippen LogP contribution is -1.93. The highest BCUT2D eigenvalue weighted by Gasteiger charge is 2.09. The monoisotopic (exact) mass is 395 g/mol. The molecule has 0 saturated heterocycles. The van der Waals surface area contributed by atoms with Crippen LogP contribution in [0.5, 0.6) is 0 Å². The number of allylic oxidation sites excluding steroid dienone is 1. The Morgan fingerprint density at radius 2 is 1.79 bits per heavy atom. The number of aromatic nitrogens is 1. The molecule has 0 fully saturated rings. The summed E-state index contributed by atoms with van der Waals surface area (Å²) in [6.45, 7) is 0. The Kier molecular flexibility index (Phi) is 4.28. The number of rotatable bonds is 4. The number of nitrogens with one attached hydrogen (secondary N) is 1. The molecular formula is C19H14BrN3S. The van der Waals surface area contributed by atoms with Crippen LogP contribution in [0.15, 0.2) is 75.7 Å². The normalized spacial score (nSPS) is 15.8. The second kappa shape index (κ2) is 6.71. The molecule has 1 atom stereocenters. The maximum atomic E-state index is 4.68. The van der Waals surface area contributed by atoms with Gasteiger partial charge < -0.3 is 5.32 Å². The Balaban J connectivity index is 1.50. The molecule has 1 aliphatic heterocycles. The van der Waals surface area contributed by atoms with E-state index in [-0.39, 0.29) is 0 Å². The summed E-state index contributed by atoms with van der Waals surface area (Å²) in [5.41, 5.74) is 4.39. The fraction of sp³-hybridized carbons (Fsp3) is 0.0526. The Bertz CT molecular complexity index is 883. The molecule has 0 spiro atoms. The standard InChI is InChI=1S/C19H14BrN3S/c20-16-5-7-17(8-6-16)22-19-23-18(12-24-19)14-3-1-13(2-4-14)15-9-10-21-11-15/h1-12,15H,(H,22,23). The van der Waals surface area contributed by atoms with Crippen molar-refractivity contribution in [1.29, 1.82) is 0 Å². The van der Waals surface area contributed by atoms with Crippen molar-refractivity contribution >= 4 is 44.3 Å². The lowest BCUT2D eigenvalue weighted by atomic mass is 9.99. The van der Waals surface area contributed by atoms with E-state index in [0.717, 1.165) is 26.5 Å². The lowest BCUT2D eigenvalue weighted by Gasteiger charge is -2.05. The summed E-state index contributed by atoms with van der Waals surface area (Å²) in [5.74, 6) is 0.295. The Morgan fingerprint density at radius 3 is 2.50 bits per heavy atom. The maximum Gasteiger partial charge on any atom is 0.187 e. The van der Waals surface area contributed by atoms with Gasteiger partial charge in [-0.15, -0.1) is 11.3 Å². The molecule has 1 N–H and O–H groups in total. The van der Waals surface area contributed by atoms with Crippen LogP contribution in [0.25, 0.3) is 11.3 Å². The first kappa shape index (κ1) is 15.3. The zero-order valence-electron chi connectivity index (χ0n) is 12.7. The average Bonchev–Trinajstić information content (AvgIpc) is 3.29. The highest BCUT2D eigenvalue weighted by Crippen LogP contribution is 2.29. The van der Waals surface area contributed by atoms with Crippen LogP contribution in [0.3, 0.4) is 0 Å². The maximum absolute atomic E-state index is 4.68. The molecule has 1 aromatic heterocycles. The van der Waals surface area contributed by atoms with E-state index in [4.69, 9.17) is 0 Å². The molecule has 0 radical (unpaired) electrons. The van der Waals surface area contributed by atoms with Crippen LogP contribution in [0, 0.1) is 0 Å².